The summed E-state index contributed by atoms with van der Waals surface area (Å²) in [6.07, 6.45) is 0. The van der Waals surface area contributed by atoms with Gasteiger partial charge in [0.25, 0.3) is 5.56 Å². The number of rotatable bonds is 5. The Morgan fingerprint density at radius 1 is 0.848 bits per heavy atom. The van der Waals surface area contributed by atoms with Crippen LogP contribution in [-0.4, -0.2) is 24.1 Å². The molecule has 0 amide bonds. The Kier molecular flexibility index (Phi) is 5.01. The predicted octanol–water partition coefficient (Wildman–Crippen LogP) is 5.45. The molecule has 0 bridgehead atoms. The molecule has 0 unspecified atom stereocenters. The summed E-state index contributed by atoms with van der Waals surface area (Å²) in [4.78, 5) is 18.1. The largest absolute Gasteiger partial charge is 0.268 e. The molecular formula is C25H17N5OS2. The van der Waals surface area contributed by atoms with Gasteiger partial charge in [0.1, 0.15) is 5.01 Å². The third-order valence-corrected chi connectivity index (χ3v) is 7.23. The van der Waals surface area contributed by atoms with Crippen molar-refractivity contribution in [3.63, 3.8) is 0 Å². The average Bonchev–Trinajstić information content (AvgIpc) is 3.52. The van der Waals surface area contributed by atoms with Gasteiger partial charge in [-0.1, -0.05) is 72.4 Å². The van der Waals surface area contributed by atoms with Crippen molar-refractivity contribution < 1.29 is 0 Å². The first-order valence-electron chi connectivity index (χ1n) is 10.4. The van der Waals surface area contributed by atoms with Crippen LogP contribution in [0.3, 0.4) is 0 Å². The second-order valence-electron chi connectivity index (χ2n) is 7.41. The molecule has 0 saturated heterocycles. The monoisotopic (exact) mass is 467 g/mol. The molecule has 3 aromatic heterocycles. The normalized spacial score (nSPS) is 11.4. The van der Waals surface area contributed by atoms with E-state index in [2.05, 4.69) is 27.7 Å². The Bertz CT molecular complexity index is 1640. The minimum atomic E-state index is -0.111. The standard InChI is InChI=1S/C25H17N5OS2/c31-23-20-13-7-8-14-21(20)30-24(29(23)19-11-5-2-6-12-19)27-28-25(30)33-16-18-15-32-22(26-18)17-9-3-1-4-10-17/h1-15H,16H2. The van der Waals surface area contributed by atoms with Gasteiger partial charge in [-0.2, -0.15) is 0 Å². The summed E-state index contributed by atoms with van der Waals surface area (Å²) in [6, 6.07) is 27.3. The fraction of sp³-hybridized carbons (Fsp3) is 0.0400. The van der Waals surface area contributed by atoms with Gasteiger partial charge in [0.15, 0.2) is 5.16 Å². The zero-order valence-electron chi connectivity index (χ0n) is 17.3. The summed E-state index contributed by atoms with van der Waals surface area (Å²) in [5.74, 6) is 1.15. The Balaban J connectivity index is 1.43. The van der Waals surface area contributed by atoms with Crippen LogP contribution in [0.4, 0.5) is 0 Å². The van der Waals surface area contributed by atoms with Gasteiger partial charge in [0.05, 0.1) is 22.3 Å². The molecule has 0 aliphatic carbocycles. The van der Waals surface area contributed by atoms with Gasteiger partial charge < -0.3 is 0 Å². The molecule has 0 N–H and O–H groups in total. The summed E-state index contributed by atoms with van der Waals surface area (Å²) in [7, 11) is 0. The number of hydrogen-bond acceptors (Lipinski definition) is 6. The summed E-state index contributed by atoms with van der Waals surface area (Å²) in [5.41, 5.74) is 3.54. The molecule has 0 radical (unpaired) electrons. The highest BCUT2D eigenvalue weighted by atomic mass is 32.2. The summed E-state index contributed by atoms with van der Waals surface area (Å²) >= 11 is 3.20. The van der Waals surface area contributed by atoms with Gasteiger partial charge in [-0.25, -0.2) is 9.55 Å². The van der Waals surface area contributed by atoms with Crippen LogP contribution in [-0.2, 0) is 5.75 Å². The molecule has 6 nitrogen and oxygen atoms in total. The van der Waals surface area contributed by atoms with Crippen LogP contribution >= 0.6 is 23.1 Å². The minimum absolute atomic E-state index is 0.111. The smallest absolute Gasteiger partial charge is 0.267 e. The van der Waals surface area contributed by atoms with Crippen molar-refractivity contribution in [2.24, 2.45) is 0 Å². The number of fused-ring (bicyclic) bond motifs is 3. The Hall–Kier alpha value is -3.75. The lowest BCUT2D eigenvalue weighted by Gasteiger charge is -2.11. The molecule has 3 aromatic carbocycles. The van der Waals surface area contributed by atoms with Gasteiger partial charge >= 0.3 is 0 Å². The van der Waals surface area contributed by atoms with Crippen LogP contribution in [0.2, 0.25) is 0 Å². The van der Waals surface area contributed by atoms with Gasteiger partial charge in [-0.15, -0.1) is 21.5 Å². The van der Waals surface area contributed by atoms with Crippen molar-refractivity contribution in [2.45, 2.75) is 10.9 Å². The molecule has 0 aliphatic rings. The van der Waals surface area contributed by atoms with Crippen LogP contribution < -0.4 is 5.56 Å². The molecule has 0 atom stereocenters. The fourth-order valence-electron chi connectivity index (χ4n) is 3.81. The molecule has 0 saturated carbocycles. The topological polar surface area (TPSA) is 65.1 Å². The van der Waals surface area contributed by atoms with Crippen LogP contribution in [0.5, 0.6) is 0 Å². The summed E-state index contributed by atoms with van der Waals surface area (Å²) in [6.45, 7) is 0. The quantitative estimate of drug-likeness (QED) is 0.316. The lowest BCUT2D eigenvalue weighted by atomic mass is 10.2. The molecular weight excluding hydrogens is 450 g/mol. The highest BCUT2D eigenvalue weighted by molar-refractivity contribution is 7.98. The van der Waals surface area contributed by atoms with Crippen LogP contribution in [0.1, 0.15) is 5.69 Å². The van der Waals surface area contributed by atoms with E-state index in [4.69, 9.17) is 4.98 Å². The lowest BCUT2D eigenvalue weighted by Crippen LogP contribution is -2.21. The van der Waals surface area contributed by atoms with Crippen molar-refractivity contribution in [2.75, 3.05) is 0 Å². The second kappa shape index (κ2) is 8.31. The lowest BCUT2D eigenvalue weighted by molar-refractivity contribution is 0.930. The van der Waals surface area contributed by atoms with E-state index in [0.29, 0.717) is 16.9 Å². The number of para-hydroxylation sites is 2. The maximum Gasteiger partial charge on any atom is 0.267 e. The molecule has 0 aliphatic heterocycles. The van der Waals surface area contributed by atoms with E-state index in [1.54, 1.807) is 27.7 Å². The predicted molar refractivity (Wildman–Crippen MR) is 133 cm³/mol. The number of hydrogen-bond donors (Lipinski definition) is 0. The molecule has 8 heteroatoms. The Morgan fingerprint density at radius 3 is 2.39 bits per heavy atom. The number of thioether (sulfide) groups is 1. The molecule has 0 fully saturated rings. The van der Waals surface area contributed by atoms with E-state index < -0.39 is 0 Å². The summed E-state index contributed by atoms with van der Waals surface area (Å²) < 4.78 is 3.58. The van der Waals surface area contributed by atoms with E-state index in [1.807, 2.05) is 77.2 Å². The third kappa shape index (κ3) is 3.53. The van der Waals surface area contributed by atoms with Crippen molar-refractivity contribution in [3.8, 4) is 16.3 Å². The third-order valence-electron chi connectivity index (χ3n) is 5.33. The van der Waals surface area contributed by atoms with Gasteiger partial charge in [0, 0.05) is 16.7 Å². The van der Waals surface area contributed by atoms with E-state index in [-0.39, 0.29) is 5.56 Å². The molecule has 33 heavy (non-hydrogen) atoms. The van der Waals surface area contributed by atoms with Crippen LogP contribution in [0, 0.1) is 0 Å². The number of benzene rings is 3. The number of thiazole rings is 1. The number of nitrogens with zero attached hydrogens (tertiary/aromatic N) is 5. The summed E-state index contributed by atoms with van der Waals surface area (Å²) in [5, 5.41) is 13.3. The minimum Gasteiger partial charge on any atom is -0.268 e. The van der Waals surface area contributed by atoms with Crippen molar-refractivity contribution in [1.82, 2.24) is 24.1 Å². The molecule has 160 valence electrons. The van der Waals surface area contributed by atoms with E-state index in [1.165, 1.54) is 0 Å². The van der Waals surface area contributed by atoms with E-state index in [9.17, 15) is 4.79 Å². The SMILES string of the molecule is O=c1c2ccccc2n2c(SCc3csc(-c4ccccc4)n3)nnc2n1-c1ccccc1. The zero-order chi connectivity index (χ0) is 22.2. The maximum atomic E-state index is 13.3. The first kappa shape index (κ1) is 19.9. The fourth-order valence-corrected chi connectivity index (χ4v) is 5.57. The Labute approximate surface area is 197 Å². The highest BCUT2D eigenvalue weighted by Gasteiger charge is 2.18. The molecule has 3 heterocycles. The van der Waals surface area contributed by atoms with Crippen LogP contribution in [0.25, 0.3) is 32.9 Å². The maximum absolute atomic E-state index is 13.3. The zero-order valence-corrected chi connectivity index (χ0v) is 19.0. The van der Waals surface area contributed by atoms with E-state index in [0.717, 1.165) is 32.6 Å². The highest BCUT2D eigenvalue weighted by Crippen LogP contribution is 2.29. The first-order valence-corrected chi connectivity index (χ1v) is 12.2. The Morgan fingerprint density at radius 2 is 1.58 bits per heavy atom. The first-order chi connectivity index (χ1) is 16.3. The molecule has 0 spiro atoms. The van der Waals surface area contributed by atoms with Crippen LogP contribution in [0.15, 0.2) is 100 Å². The van der Waals surface area contributed by atoms with Crippen molar-refractivity contribution in [3.05, 3.63) is 106 Å². The average molecular weight is 468 g/mol. The van der Waals surface area contributed by atoms with Crippen molar-refractivity contribution >= 4 is 39.8 Å². The van der Waals surface area contributed by atoms with Crippen molar-refractivity contribution in [1.29, 1.82) is 0 Å². The molecule has 6 aromatic rings. The molecule has 6 rings (SSSR count). The van der Waals surface area contributed by atoms with Gasteiger partial charge in [-0.3, -0.25) is 9.20 Å². The van der Waals surface area contributed by atoms with Gasteiger partial charge in [0.2, 0.25) is 5.78 Å². The van der Waals surface area contributed by atoms with E-state index >= 15 is 0 Å². The number of aromatic nitrogens is 5. The second-order valence-corrected chi connectivity index (χ2v) is 9.21. The van der Waals surface area contributed by atoms with Gasteiger partial charge in [-0.05, 0) is 24.3 Å².